The van der Waals surface area contributed by atoms with E-state index in [1.54, 1.807) is 31.4 Å². The quantitative estimate of drug-likeness (QED) is 0.874. The number of nitrogens with zero attached hydrogens (tertiary/aromatic N) is 1. The van der Waals surface area contributed by atoms with Gasteiger partial charge in [0.1, 0.15) is 5.69 Å². The number of aryl methyl sites for hydroxylation is 1. The van der Waals surface area contributed by atoms with Gasteiger partial charge in [0, 0.05) is 13.2 Å². The number of carbonyl (C=O) groups excluding carboxylic acids is 1. The van der Waals surface area contributed by atoms with Crippen LogP contribution in [-0.4, -0.2) is 29.1 Å². The minimum Gasteiger partial charge on any atom is -0.463 e. The van der Waals surface area contributed by atoms with Crippen LogP contribution in [0.25, 0.3) is 11.5 Å². The highest BCUT2D eigenvalue weighted by atomic mass is 16.3. The molecule has 0 aliphatic rings. The lowest BCUT2D eigenvalue weighted by Gasteiger charge is -2.11. The fraction of sp³-hybridized carbons (Fsp3) is 0.333. The monoisotopic (exact) mass is 274 g/mol. The Kier molecular flexibility index (Phi) is 4.53. The van der Waals surface area contributed by atoms with E-state index in [9.17, 15) is 4.79 Å². The van der Waals surface area contributed by atoms with Crippen molar-refractivity contribution >= 4 is 5.91 Å². The second-order valence-corrected chi connectivity index (χ2v) is 4.80. The van der Waals surface area contributed by atoms with Crippen molar-refractivity contribution in [1.82, 2.24) is 10.3 Å². The maximum atomic E-state index is 12.0. The topological polar surface area (TPSA) is 75.4 Å². The Labute approximate surface area is 117 Å². The van der Waals surface area contributed by atoms with Gasteiger partial charge in [-0.25, -0.2) is 4.98 Å². The van der Waals surface area contributed by atoms with Crippen LogP contribution >= 0.6 is 0 Å². The molecular formula is C15H18N2O3. The van der Waals surface area contributed by atoms with E-state index < -0.39 is 0 Å². The zero-order valence-electron chi connectivity index (χ0n) is 11.6. The molecule has 1 amide bonds. The SMILES string of the molecule is Cc1nc(-c2ccco2)ccc1C(=O)NCC(C)CO. The number of pyridine rings is 1. The van der Waals surface area contributed by atoms with E-state index in [2.05, 4.69) is 10.3 Å². The van der Waals surface area contributed by atoms with Gasteiger partial charge in [-0.15, -0.1) is 0 Å². The van der Waals surface area contributed by atoms with Crippen molar-refractivity contribution in [3.8, 4) is 11.5 Å². The summed E-state index contributed by atoms with van der Waals surface area (Å²) < 4.78 is 5.28. The first-order valence-corrected chi connectivity index (χ1v) is 6.52. The molecule has 5 heteroatoms. The van der Waals surface area contributed by atoms with E-state index in [1.165, 1.54) is 0 Å². The van der Waals surface area contributed by atoms with Gasteiger partial charge in [0.05, 0.1) is 17.5 Å². The molecule has 2 aromatic heterocycles. The third kappa shape index (κ3) is 3.24. The molecule has 5 nitrogen and oxygen atoms in total. The lowest BCUT2D eigenvalue weighted by Crippen LogP contribution is -2.30. The van der Waals surface area contributed by atoms with E-state index in [0.29, 0.717) is 29.3 Å². The third-order valence-electron chi connectivity index (χ3n) is 3.03. The highest BCUT2D eigenvalue weighted by Crippen LogP contribution is 2.19. The van der Waals surface area contributed by atoms with Gasteiger partial charge in [-0.1, -0.05) is 6.92 Å². The number of hydrogen-bond donors (Lipinski definition) is 2. The van der Waals surface area contributed by atoms with Gasteiger partial charge in [0.15, 0.2) is 5.76 Å². The fourth-order valence-electron chi connectivity index (χ4n) is 1.79. The Bertz CT molecular complexity index is 579. The van der Waals surface area contributed by atoms with Crippen LogP contribution in [0.1, 0.15) is 23.0 Å². The molecule has 2 aromatic rings. The average Bonchev–Trinajstić information content (AvgIpc) is 2.98. The molecule has 0 aromatic carbocycles. The summed E-state index contributed by atoms with van der Waals surface area (Å²) >= 11 is 0. The summed E-state index contributed by atoms with van der Waals surface area (Å²) in [4.78, 5) is 16.4. The zero-order chi connectivity index (χ0) is 14.5. The summed E-state index contributed by atoms with van der Waals surface area (Å²) in [6, 6.07) is 7.11. The Balaban J connectivity index is 2.11. The van der Waals surface area contributed by atoms with Gasteiger partial charge in [-0.3, -0.25) is 4.79 Å². The summed E-state index contributed by atoms with van der Waals surface area (Å²) in [6.45, 7) is 4.14. The Hall–Kier alpha value is -2.14. The smallest absolute Gasteiger partial charge is 0.253 e. The van der Waals surface area contributed by atoms with E-state index in [4.69, 9.17) is 9.52 Å². The third-order valence-corrected chi connectivity index (χ3v) is 3.03. The lowest BCUT2D eigenvalue weighted by atomic mass is 10.1. The molecule has 20 heavy (non-hydrogen) atoms. The van der Waals surface area contributed by atoms with Crippen LogP contribution < -0.4 is 5.32 Å². The molecule has 0 fully saturated rings. The second kappa shape index (κ2) is 6.34. The molecule has 0 saturated carbocycles. The molecule has 2 rings (SSSR count). The predicted octanol–water partition coefficient (Wildman–Crippen LogP) is 2.01. The Morgan fingerprint density at radius 2 is 2.25 bits per heavy atom. The average molecular weight is 274 g/mol. The largest absolute Gasteiger partial charge is 0.463 e. The molecule has 2 heterocycles. The van der Waals surface area contributed by atoms with E-state index >= 15 is 0 Å². The van der Waals surface area contributed by atoms with Crippen LogP contribution in [-0.2, 0) is 0 Å². The molecule has 1 atom stereocenters. The first-order valence-electron chi connectivity index (χ1n) is 6.52. The molecule has 0 spiro atoms. The number of carbonyl (C=O) groups is 1. The number of aromatic nitrogens is 1. The van der Waals surface area contributed by atoms with Crippen molar-refractivity contribution in [3.05, 3.63) is 41.8 Å². The van der Waals surface area contributed by atoms with Crippen molar-refractivity contribution in [1.29, 1.82) is 0 Å². The Morgan fingerprint density at radius 1 is 1.45 bits per heavy atom. The maximum absolute atomic E-state index is 12.0. The van der Waals surface area contributed by atoms with Crippen molar-refractivity contribution in [3.63, 3.8) is 0 Å². The summed E-state index contributed by atoms with van der Waals surface area (Å²) in [7, 11) is 0. The standard InChI is InChI=1S/C15H18N2O3/c1-10(9-18)8-16-15(19)12-5-6-13(17-11(12)2)14-4-3-7-20-14/h3-7,10,18H,8-9H2,1-2H3,(H,16,19). The maximum Gasteiger partial charge on any atom is 0.253 e. The van der Waals surface area contributed by atoms with Gasteiger partial charge in [-0.05, 0) is 37.1 Å². The molecule has 0 aliphatic heterocycles. The van der Waals surface area contributed by atoms with Crippen LogP contribution in [0.3, 0.4) is 0 Å². The first kappa shape index (κ1) is 14.3. The number of rotatable bonds is 5. The van der Waals surface area contributed by atoms with E-state index in [1.807, 2.05) is 13.0 Å². The molecule has 106 valence electrons. The number of aliphatic hydroxyl groups excluding tert-OH is 1. The summed E-state index contributed by atoms with van der Waals surface area (Å²) in [5.74, 6) is 0.532. The number of hydrogen-bond acceptors (Lipinski definition) is 4. The Morgan fingerprint density at radius 3 is 2.85 bits per heavy atom. The summed E-state index contributed by atoms with van der Waals surface area (Å²) in [5, 5.41) is 11.7. The number of nitrogens with one attached hydrogen (secondary N) is 1. The van der Waals surface area contributed by atoms with Gasteiger partial charge >= 0.3 is 0 Å². The van der Waals surface area contributed by atoms with Gasteiger partial charge < -0.3 is 14.8 Å². The van der Waals surface area contributed by atoms with Crippen LogP contribution in [0.15, 0.2) is 34.9 Å². The highest BCUT2D eigenvalue weighted by molar-refractivity contribution is 5.95. The second-order valence-electron chi connectivity index (χ2n) is 4.80. The van der Waals surface area contributed by atoms with Crippen LogP contribution in [0.2, 0.25) is 0 Å². The molecule has 0 bridgehead atoms. The van der Waals surface area contributed by atoms with Gasteiger partial charge in [0.25, 0.3) is 5.91 Å². The van der Waals surface area contributed by atoms with Crippen molar-refractivity contribution in [2.45, 2.75) is 13.8 Å². The van der Waals surface area contributed by atoms with Crippen molar-refractivity contribution in [2.75, 3.05) is 13.2 Å². The van der Waals surface area contributed by atoms with Gasteiger partial charge in [-0.2, -0.15) is 0 Å². The zero-order valence-corrected chi connectivity index (χ0v) is 11.6. The normalized spacial score (nSPS) is 12.2. The molecule has 0 radical (unpaired) electrons. The van der Waals surface area contributed by atoms with E-state index in [0.717, 1.165) is 0 Å². The van der Waals surface area contributed by atoms with Crippen molar-refractivity contribution in [2.24, 2.45) is 5.92 Å². The molecular weight excluding hydrogens is 256 g/mol. The molecule has 0 aliphatic carbocycles. The lowest BCUT2D eigenvalue weighted by molar-refractivity contribution is 0.0941. The minimum atomic E-state index is -0.179. The number of furan rings is 1. The van der Waals surface area contributed by atoms with Crippen LogP contribution in [0.5, 0.6) is 0 Å². The first-order chi connectivity index (χ1) is 9.61. The number of aliphatic hydroxyl groups is 1. The highest BCUT2D eigenvalue weighted by Gasteiger charge is 2.13. The number of amides is 1. The van der Waals surface area contributed by atoms with Crippen LogP contribution in [0, 0.1) is 12.8 Å². The molecule has 1 unspecified atom stereocenters. The summed E-state index contributed by atoms with van der Waals surface area (Å²) in [6.07, 6.45) is 1.59. The van der Waals surface area contributed by atoms with E-state index in [-0.39, 0.29) is 18.4 Å². The van der Waals surface area contributed by atoms with Crippen LogP contribution in [0.4, 0.5) is 0 Å². The molecule has 0 saturated heterocycles. The minimum absolute atomic E-state index is 0.0367. The fourth-order valence-corrected chi connectivity index (χ4v) is 1.79. The predicted molar refractivity (Wildman–Crippen MR) is 75.3 cm³/mol. The molecule has 2 N–H and O–H groups in total. The van der Waals surface area contributed by atoms with Gasteiger partial charge in [0.2, 0.25) is 0 Å². The summed E-state index contributed by atoms with van der Waals surface area (Å²) in [5.41, 5.74) is 1.88. The van der Waals surface area contributed by atoms with Crippen molar-refractivity contribution < 1.29 is 14.3 Å².